The predicted octanol–water partition coefficient (Wildman–Crippen LogP) is 4.62. The van der Waals surface area contributed by atoms with Crippen LogP contribution in [0.2, 0.25) is 5.02 Å². The number of anilines is 1. The summed E-state index contributed by atoms with van der Waals surface area (Å²) in [6.45, 7) is 2.01. The van der Waals surface area contributed by atoms with Crippen molar-refractivity contribution in [2.75, 3.05) is 5.32 Å². The predicted molar refractivity (Wildman–Crippen MR) is 92.4 cm³/mol. The third-order valence-electron chi connectivity index (χ3n) is 4.28. The van der Waals surface area contributed by atoms with E-state index in [1.54, 1.807) is 12.4 Å². The largest absolute Gasteiger partial charge is 0.309 e. The van der Waals surface area contributed by atoms with E-state index >= 15 is 0 Å². The van der Waals surface area contributed by atoms with Crippen LogP contribution in [0.3, 0.4) is 0 Å². The summed E-state index contributed by atoms with van der Waals surface area (Å²) < 4.78 is 0. The Kier molecular flexibility index (Phi) is 4.91. The lowest BCUT2D eigenvalue weighted by Crippen LogP contribution is -2.25. The van der Waals surface area contributed by atoms with Gasteiger partial charge in [0.25, 0.3) is 0 Å². The molecule has 1 amide bonds. The van der Waals surface area contributed by atoms with E-state index in [2.05, 4.69) is 15.3 Å². The zero-order valence-electron chi connectivity index (χ0n) is 13.2. The number of hydrogen-bond donors (Lipinski definition) is 1. The van der Waals surface area contributed by atoms with Gasteiger partial charge in [-0.2, -0.15) is 0 Å². The maximum atomic E-state index is 12.2. The van der Waals surface area contributed by atoms with Crippen molar-refractivity contribution in [2.24, 2.45) is 5.92 Å². The Morgan fingerprint density at radius 2 is 1.96 bits per heavy atom. The minimum Gasteiger partial charge on any atom is -0.309 e. The van der Waals surface area contributed by atoms with Crippen LogP contribution in [-0.2, 0) is 4.79 Å². The van der Waals surface area contributed by atoms with Gasteiger partial charge in [-0.3, -0.25) is 9.78 Å². The minimum atomic E-state index is 0.0559. The van der Waals surface area contributed by atoms with E-state index in [-0.39, 0.29) is 11.8 Å². The third kappa shape index (κ3) is 3.88. The Labute approximate surface area is 141 Å². The molecule has 0 aliphatic heterocycles. The molecule has 1 aliphatic rings. The van der Waals surface area contributed by atoms with Crippen LogP contribution in [-0.4, -0.2) is 15.9 Å². The summed E-state index contributed by atoms with van der Waals surface area (Å²) in [6.07, 6.45) is 8.68. The number of rotatable bonds is 3. The van der Waals surface area contributed by atoms with Crippen LogP contribution in [0.4, 0.5) is 5.82 Å². The maximum Gasteiger partial charge on any atom is 0.228 e. The molecule has 1 saturated carbocycles. The van der Waals surface area contributed by atoms with Gasteiger partial charge in [0.15, 0.2) is 5.82 Å². The molecule has 1 aliphatic carbocycles. The third-order valence-corrected chi connectivity index (χ3v) is 4.61. The Morgan fingerprint density at radius 3 is 2.65 bits per heavy atom. The van der Waals surface area contributed by atoms with Crippen LogP contribution in [0.5, 0.6) is 0 Å². The Balaban J connectivity index is 1.71. The summed E-state index contributed by atoms with van der Waals surface area (Å²) in [4.78, 5) is 20.9. The van der Waals surface area contributed by atoms with Gasteiger partial charge in [-0.15, -0.1) is 0 Å². The topological polar surface area (TPSA) is 54.9 Å². The van der Waals surface area contributed by atoms with Gasteiger partial charge in [0, 0.05) is 11.5 Å². The fraction of sp³-hybridized carbons (Fsp3) is 0.389. The quantitative estimate of drug-likeness (QED) is 0.893. The number of halogens is 1. The van der Waals surface area contributed by atoms with Crippen LogP contribution >= 0.6 is 11.6 Å². The first-order valence-corrected chi connectivity index (χ1v) is 8.41. The summed E-state index contributed by atoms with van der Waals surface area (Å²) in [5.74, 6) is 0.657. The van der Waals surface area contributed by atoms with E-state index < -0.39 is 0 Å². The zero-order chi connectivity index (χ0) is 16.2. The number of carbonyl (C=O) groups is 1. The van der Waals surface area contributed by atoms with Crippen molar-refractivity contribution in [3.8, 4) is 11.3 Å². The molecule has 120 valence electrons. The molecule has 0 unspecified atom stereocenters. The molecule has 1 aromatic carbocycles. The van der Waals surface area contributed by atoms with Crippen molar-refractivity contribution >= 4 is 23.3 Å². The molecule has 3 rings (SSSR count). The van der Waals surface area contributed by atoms with E-state index in [1.165, 1.54) is 6.42 Å². The fourth-order valence-electron chi connectivity index (χ4n) is 2.96. The smallest absolute Gasteiger partial charge is 0.228 e. The van der Waals surface area contributed by atoms with Gasteiger partial charge >= 0.3 is 0 Å². The highest BCUT2D eigenvalue weighted by molar-refractivity contribution is 6.33. The molecule has 23 heavy (non-hydrogen) atoms. The van der Waals surface area contributed by atoms with E-state index in [4.69, 9.17) is 11.6 Å². The molecule has 0 spiro atoms. The number of hydrogen-bond acceptors (Lipinski definition) is 3. The monoisotopic (exact) mass is 329 g/mol. The second kappa shape index (κ2) is 7.09. The molecule has 1 aromatic heterocycles. The number of amides is 1. The molecule has 0 radical (unpaired) electrons. The average molecular weight is 330 g/mol. The number of aryl methyl sites for hydroxylation is 1. The first-order chi connectivity index (χ1) is 11.1. The highest BCUT2D eigenvalue weighted by atomic mass is 35.5. The summed E-state index contributed by atoms with van der Waals surface area (Å²) in [7, 11) is 0. The first kappa shape index (κ1) is 15.9. The van der Waals surface area contributed by atoms with E-state index in [9.17, 15) is 4.79 Å². The van der Waals surface area contributed by atoms with E-state index in [1.807, 2.05) is 25.1 Å². The number of nitrogens with one attached hydrogen (secondary N) is 1. The van der Waals surface area contributed by atoms with Crippen LogP contribution in [0.15, 0.2) is 30.6 Å². The van der Waals surface area contributed by atoms with Crippen LogP contribution in [0.1, 0.15) is 37.7 Å². The number of benzene rings is 1. The molecule has 1 heterocycles. The summed E-state index contributed by atoms with van der Waals surface area (Å²) >= 11 is 6.22. The number of carbonyl (C=O) groups excluding carboxylic acids is 1. The second-order valence-electron chi connectivity index (χ2n) is 6.09. The summed E-state index contributed by atoms with van der Waals surface area (Å²) in [5.41, 5.74) is 2.67. The molecular weight excluding hydrogens is 310 g/mol. The van der Waals surface area contributed by atoms with Crippen molar-refractivity contribution in [3.05, 3.63) is 41.2 Å². The molecule has 0 bridgehead atoms. The molecule has 4 nitrogen and oxygen atoms in total. The van der Waals surface area contributed by atoms with Crippen molar-refractivity contribution in [1.82, 2.24) is 9.97 Å². The molecule has 1 N–H and O–H groups in total. The summed E-state index contributed by atoms with van der Waals surface area (Å²) in [5, 5.41) is 3.51. The lowest BCUT2D eigenvalue weighted by molar-refractivity contribution is -0.120. The highest BCUT2D eigenvalue weighted by Gasteiger charge is 2.21. The Bertz CT molecular complexity index is 694. The Hall–Kier alpha value is -1.94. The average Bonchev–Trinajstić information content (AvgIpc) is 2.58. The van der Waals surface area contributed by atoms with Gasteiger partial charge < -0.3 is 5.32 Å². The number of nitrogens with zero attached hydrogens (tertiary/aromatic N) is 2. The normalized spacial score (nSPS) is 15.4. The van der Waals surface area contributed by atoms with Gasteiger partial charge in [0.2, 0.25) is 5.91 Å². The molecule has 0 saturated heterocycles. The van der Waals surface area contributed by atoms with Gasteiger partial charge in [-0.25, -0.2) is 4.98 Å². The number of aromatic nitrogens is 2. The van der Waals surface area contributed by atoms with E-state index in [0.717, 1.165) is 36.8 Å². The van der Waals surface area contributed by atoms with Crippen LogP contribution < -0.4 is 5.32 Å². The highest BCUT2D eigenvalue weighted by Crippen LogP contribution is 2.28. The van der Waals surface area contributed by atoms with Gasteiger partial charge in [-0.05, 0) is 31.9 Å². The van der Waals surface area contributed by atoms with Gasteiger partial charge in [0.05, 0.1) is 23.1 Å². The molecule has 0 atom stereocenters. The second-order valence-corrected chi connectivity index (χ2v) is 6.50. The standard InChI is InChI=1S/C18H20ClN3O/c1-12-7-8-15(19)14(9-12)16-10-21-17(11-20-16)22-18(23)13-5-3-2-4-6-13/h7-11,13H,2-6H2,1H3,(H,21,22,23). The van der Waals surface area contributed by atoms with Crippen molar-refractivity contribution in [2.45, 2.75) is 39.0 Å². The van der Waals surface area contributed by atoms with Gasteiger partial charge in [0.1, 0.15) is 0 Å². The van der Waals surface area contributed by atoms with Crippen molar-refractivity contribution in [3.63, 3.8) is 0 Å². The lowest BCUT2D eigenvalue weighted by atomic mass is 9.89. The van der Waals surface area contributed by atoms with Crippen LogP contribution in [0.25, 0.3) is 11.3 Å². The van der Waals surface area contributed by atoms with Gasteiger partial charge in [-0.1, -0.05) is 42.5 Å². The zero-order valence-corrected chi connectivity index (χ0v) is 13.9. The van der Waals surface area contributed by atoms with E-state index in [0.29, 0.717) is 16.5 Å². The lowest BCUT2D eigenvalue weighted by Gasteiger charge is -2.20. The fourth-order valence-corrected chi connectivity index (χ4v) is 3.17. The maximum absolute atomic E-state index is 12.2. The summed E-state index contributed by atoms with van der Waals surface area (Å²) in [6, 6.07) is 5.79. The molecular formula is C18H20ClN3O. The van der Waals surface area contributed by atoms with Crippen molar-refractivity contribution in [1.29, 1.82) is 0 Å². The Morgan fingerprint density at radius 1 is 1.17 bits per heavy atom. The van der Waals surface area contributed by atoms with Crippen LogP contribution in [0, 0.1) is 12.8 Å². The van der Waals surface area contributed by atoms with Crippen molar-refractivity contribution < 1.29 is 4.79 Å². The minimum absolute atomic E-state index is 0.0559. The SMILES string of the molecule is Cc1ccc(Cl)c(-c2cnc(NC(=O)C3CCCCC3)cn2)c1. The molecule has 2 aromatic rings. The first-order valence-electron chi connectivity index (χ1n) is 8.03. The molecule has 1 fully saturated rings. The molecule has 5 heteroatoms.